The predicted octanol–water partition coefficient (Wildman–Crippen LogP) is 10.7. The monoisotopic (exact) mass is 1330 g/mol. The summed E-state index contributed by atoms with van der Waals surface area (Å²) in [5, 5.41) is 0. The van der Waals surface area contributed by atoms with E-state index in [0.717, 1.165) is 40.6 Å². The van der Waals surface area contributed by atoms with Crippen LogP contribution in [0.15, 0.2) is 36.4 Å². The van der Waals surface area contributed by atoms with Crippen LogP contribution in [-0.2, 0) is 47.7 Å². The molecule has 6 heterocycles. The molecule has 0 aliphatic carbocycles. The van der Waals surface area contributed by atoms with Crippen molar-refractivity contribution >= 4 is 17.9 Å². The molecule has 0 saturated carbocycles. The highest BCUT2D eigenvalue weighted by Gasteiger charge is 2.45. The van der Waals surface area contributed by atoms with Crippen LogP contribution in [0.3, 0.4) is 0 Å². The van der Waals surface area contributed by atoms with E-state index in [9.17, 15) is 37.7 Å². The molecule has 9 rings (SSSR count). The number of fused-ring (bicyclic) bond motifs is 9. The van der Waals surface area contributed by atoms with Crippen molar-refractivity contribution in [3.8, 4) is 34.5 Å². The number of esters is 3. The molecule has 6 aliphatic rings. The van der Waals surface area contributed by atoms with Gasteiger partial charge in [0.15, 0.2) is 34.5 Å². The first-order valence-corrected chi connectivity index (χ1v) is 25.4. The molecule has 0 aromatic heterocycles. The highest BCUT2D eigenvalue weighted by Crippen LogP contribution is 2.48. The van der Waals surface area contributed by atoms with Crippen molar-refractivity contribution < 1.29 is 163 Å². The lowest BCUT2D eigenvalue weighted by Crippen LogP contribution is -2.51. The molecule has 0 bridgehead atoms. The number of aryl methyl sites for hydroxylation is 3. The molecule has 90 heavy (non-hydrogen) atoms. The molecule has 504 valence electrons. The van der Waals surface area contributed by atoms with Gasteiger partial charge in [-0.2, -0.15) is 0 Å². The van der Waals surface area contributed by atoms with Gasteiger partial charge in [0.05, 0.1) is 57.6 Å². The molecule has 6 N–H and O–H groups in total. The Kier molecular flexibility index (Phi) is 7.60. The number of hydrogen-bond donors (Lipinski definition) is 3. The highest BCUT2D eigenvalue weighted by molar-refractivity contribution is 5.77. The number of rotatable bonds is 21. The molecular formula is C72H114N6O12. The van der Waals surface area contributed by atoms with Gasteiger partial charge in [-0.3, -0.25) is 29.1 Å². The smallest absolute Gasteiger partial charge is 0.323 e. The van der Waals surface area contributed by atoms with Crippen molar-refractivity contribution in [3.63, 3.8) is 0 Å². The Balaban J connectivity index is 0.000000336. The molecule has 0 amide bonds. The summed E-state index contributed by atoms with van der Waals surface area (Å²) in [5.41, 5.74) is 11.3. The maximum Gasteiger partial charge on any atom is 0.323 e. The second-order valence-electron chi connectivity index (χ2n) is 18.5. The average molecular weight is 1330 g/mol. The van der Waals surface area contributed by atoms with Gasteiger partial charge in [0, 0.05) is 184 Å². The zero-order chi connectivity index (χ0) is 133. The number of hydrogen-bond acceptors (Lipinski definition) is 18. The van der Waals surface area contributed by atoms with Gasteiger partial charge in [-0.05, 0) is 143 Å². The third-order valence-corrected chi connectivity index (χ3v) is 12.3. The van der Waals surface area contributed by atoms with Crippen LogP contribution >= 0.6 is 0 Å². The molecule has 0 radical (unpaired) electrons. The van der Waals surface area contributed by atoms with E-state index in [2.05, 4.69) is 0 Å². The van der Waals surface area contributed by atoms with Gasteiger partial charge >= 0.3 is 17.9 Å². The fourth-order valence-electron chi connectivity index (χ4n) is 8.24. The van der Waals surface area contributed by atoms with E-state index in [0.29, 0.717) is 31.2 Å². The lowest BCUT2D eigenvalue weighted by atomic mass is 9.79. The van der Waals surface area contributed by atoms with E-state index in [-0.39, 0.29) is 35.1 Å². The average Bonchev–Trinajstić information content (AvgIpc) is 0.645. The Labute approximate surface area is 647 Å². The number of methoxy groups -OCH3 is 6. The third-order valence-electron chi connectivity index (χ3n) is 12.3. The minimum absolute atomic E-state index is 0.225. The SMILES string of the molecule is [2H]C([2H])([2H])C([2H])(C)C([2H])([2H])C1([2H])C([2H])([2H])N2C(c3cc(OC)c(OC)cc3C([2H])([2H])C2([2H])[2H])C([2H])([2H])C1([2H])OC(=O)[C@@]([2H])(N)C([2H])(C([2H])([2H])[2H])C([2H])([2H])[2H].[2H]C([2H])([2H])Oc1cc2c(cc1OC)C1N(C([2H])([2H])C2([2H])[2H])C([2H])([2H])C([2H])(C([2H])([2H])C([2H])(C)C([2H])([2H])[2H])C(OC(=O)[C@@]([2H])(N)C([2H])(C([2H])([2H])[2H])C([2H])([2H])[2H])C1([2H])[2H].[2H]C([2H])([2H])Oc1cc2c(cc1OC)C1N(C([2H])([2H])C2([2H])[2H])C([2H])([2H])C([2H])(C([2H])([2H])C([2H])(C)C([2H])([2H])[2H])C([2H])(OC(=O)[C@@]([2H])(N)C([2H])(C([2H])([2H])[2H])C([2H])([2H])[2H])C1([2H])[2H]. The lowest BCUT2D eigenvalue weighted by Gasteiger charge is -2.47. The number of carbonyl (C=O) groups excluding carboxylic acids is 3. The Hall–Kier alpha value is -5.37. The molecule has 18 nitrogen and oxygen atoms in total. The van der Waals surface area contributed by atoms with Crippen LogP contribution in [0.1, 0.15) is 278 Å². The topological polar surface area (TPSA) is 222 Å². The van der Waals surface area contributed by atoms with Gasteiger partial charge in [-0.1, -0.05) is 82.4 Å². The first kappa shape index (κ1) is 21.1. The van der Waals surface area contributed by atoms with Gasteiger partial charge in [0.2, 0.25) is 0 Å². The molecule has 3 fully saturated rings. The summed E-state index contributed by atoms with van der Waals surface area (Å²) >= 11 is 0. The Morgan fingerprint density at radius 1 is 0.489 bits per heavy atom. The van der Waals surface area contributed by atoms with Gasteiger partial charge in [-0.25, -0.2) is 0 Å². The molecule has 3 aromatic rings. The zero-order valence-corrected chi connectivity index (χ0v) is 48.2. The summed E-state index contributed by atoms with van der Waals surface area (Å²) in [6.07, 6.45) is -50.4. The summed E-state index contributed by atoms with van der Waals surface area (Å²) < 4.78 is 694. The van der Waals surface area contributed by atoms with Crippen molar-refractivity contribution in [1.29, 1.82) is 0 Å². The number of nitrogens with two attached hydrogens (primary N) is 3. The van der Waals surface area contributed by atoms with E-state index in [1.165, 1.54) is 0 Å². The quantitative estimate of drug-likeness (QED) is 0.0666. The largest absolute Gasteiger partial charge is 0.493 e. The van der Waals surface area contributed by atoms with Gasteiger partial charge in [-0.15, -0.1) is 0 Å². The number of nitrogens with zero attached hydrogens (tertiary/aromatic N) is 3. The first-order chi connectivity index (χ1) is 72.4. The minimum Gasteiger partial charge on any atom is -0.493 e. The fourth-order valence-corrected chi connectivity index (χ4v) is 8.24. The summed E-state index contributed by atoms with van der Waals surface area (Å²) in [5.74, 6) is -51.1. The van der Waals surface area contributed by atoms with Crippen molar-refractivity contribution in [2.45, 2.75) is 194 Å². The Bertz CT molecular complexity index is 6280. The number of piperidine rings is 3. The van der Waals surface area contributed by atoms with E-state index in [1.54, 1.807) is 0 Å². The molecule has 6 aliphatic heterocycles. The van der Waals surface area contributed by atoms with E-state index >= 15 is 0 Å². The molecule has 15 atom stereocenters. The van der Waals surface area contributed by atoms with Crippen LogP contribution in [0, 0.1) is 53.0 Å². The van der Waals surface area contributed by atoms with Crippen molar-refractivity contribution in [2.24, 2.45) is 70.2 Å². The molecular weight excluding hydrogens is 1140 g/mol. The van der Waals surface area contributed by atoms with E-state index < -0.39 is 359 Å². The maximum atomic E-state index is 14.0. The van der Waals surface area contributed by atoms with Crippen LogP contribution in [-0.4, -0.2) is 150 Å². The standard InChI is InChI=1S/3C24H38N2O4/c3*1-14(2)9-17-13-26-8-7-16-10-21(28-5)22(29-6)11-18(16)19(26)12-20(17)30-24(27)23(25)15(3)4/h3*10-11,14-15,17,19-20,23H,7-9,12-13,25H2,1-6H3/t3*17?,19?,20?,23-/m000/s1/i1D3,3D3,4D3,5D3,7D2,8D2,9D2,12D2,13D2,14D,15D,17D,20D,23D;1D3,3D3,4D3,7D2,8D2,9D2,12D2,13D2,14D,15D,17D,20D,23D;1D3,3D3,4D3,5D3,7D2,8D2,9D2,12D2,13D2,14D,15D,17D,23D/t3*14?,17?,19?,20?,23-. The van der Waals surface area contributed by atoms with E-state index in [4.69, 9.17) is 142 Å². The summed E-state index contributed by atoms with van der Waals surface area (Å²) in [7, 11) is -2.60. The predicted molar refractivity (Wildman–Crippen MR) is 353 cm³/mol. The van der Waals surface area contributed by atoms with Crippen molar-refractivity contribution in [2.75, 3.05) is 81.5 Å². The number of benzene rings is 3. The van der Waals surface area contributed by atoms with Crippen LogP contribution in [0.2, 0.25) is 0 Å². The van der Waals surface area contributed by atoms with Crippen molar-refractivity contribution in [1.82, 2.24) is 14.7 Å². The van der Waals surface area contributed by atoms with Crippen molar-refractivity contribution in [3.05, 3.63) is 69.8 Å². The fraction of sp³-hybridized carbons (Fsp3) is 0.708. The molecule has 0 spiro atoms. The first-order valence-electron chi connectivity index (χ1n) is 63.9. The number of ether oxygens (including phenoxy) is 9. The van der Waals surface area contributed by atoms with Gasteiger partial charge < -0.3 is 59.8 Å². The van der Waals surface area contributed by atoms with Gasteiger partial charge in [0.1, 0.15) is 36.3 Å². The second kappa shape index (κ2) is 32.5. The molecule has 12 unspecified atom stereocenters. The molecule has 3 saturated heterocycles. The van der Waals surface area contributed by atoms with Crippen LogP contribution in [0.5, 0.6) is 34.5 Å². The maximum absolute atomic E-state index is 14.0. The summed E-state index contributed by atoms with van der Waals surface area (Å²) in [6, 6.07) is -18.0. The van der Waals surface area contributed by atoms with Crippen LogP contribution < -0.4 is 45.6 Å². The Morgan fingerprint density at radius 2 is 0.800 bits per heavy atom. The third kappa shape index (κ3) is 17.5. The minimum atomic E-state index is -4.93. The normalized spacial score (nSPS) is 53.7. The van der Waals surface area contributed by atoms with Gasteiger partial charge in [0.25, 0.3) is 0 Å². The van der Waals surface area contributed by atoms with E-state index in [1.807, 2.05) is 0 Å². The van der Waals surface area contributed by atoms with Crippen LogP contribution in [0.25, 0.3) is 0 Å². The lowest BCUT2D eigenvalue weighted by molar-refractivity contribution is -0.161. The second-order valence-corrected chi connectivity index (χ2v) is 18.5. The summed E-state index contributed by atoms with van der Waals surface area (Å²) in [4.78, 5) is 40.7. The zero-order valence-electron chi connectivity index (χ0n) is 125. The molecule has 3 aromatic carbocycles. The summed E-state index contributed by atoms with van der Waals surface area (Å²) in [6.45, 7) is -61.7. The molecule has 18 heteroatoms. The number of carbonyl (C=O) groups is 3. The Morgan fingerprint density at radius 3 is 1.13 bits per heavy atom. The highest BCUT2D eigenvalue weighted by atomic mass is 16.6. The van der Waals surface area contributed by atoms with Crippen LogP contribution in [0.4, 0.5) is 0 Å².